The van der Waals surface area contributed by atoms with E-state index in [2.05, 4.69) is 0 Å². The molecule has 38 heavy (non-hydrogen) atoms. The molecule has 2 heterocycles. The summed E-state index contributed by atoms with van der Waals surface area (Å²) in [6.07, 6.45) is 1.39. The molecule has 1 saturated carbocycles. The van der Waals surface area contributed by atoms with Gasteiger partial charge in [0.05, 0.1) is 26.6 Å². The lowest BCUT2D eigenvalue weighted by molar-refractivity contribution is -0.277. The second kappa shape index (κ2) is 11.4. The number of furan rings is 1. The summed E-state index contributed by atoms with van der Waals surface area (Å²) in [6.45, 7) is 1.46. The molecule has 2 aromatic rings. The molecule has 1 aliphatic heterocycles. The summed E-state index contributed by atoms with van der Waals surface area (Å²) < 4.78 is 29.0. The molecule has 0 amide bonds. The number of aliphatic hydroxyl groups excluding tert-OH is 4. The number of rotatable bonds is 8. The molecule has 0 radical (unpaired) electrons. The first-order valence-corrected chi connectivity index (χ1v) is 13.6. The summed E-state index contributed by atoms with van der Waals surface area (Å²) in [5.41, 5.74) is 3.44. The molecule has 0 bridgehead atoms. The van der Waals surface area contributed by atoms with E-state index in [-0.39, 0.29) is 24.7 Å². The second-order valence-corrected chi connectivity index (χ2v) is 10.5. The van der Waals surface area contributed by atoms with Gasteiger partial charge in [0, 0.05) is 22.9 Å². The van der Waals surface area contributed by atoms with Crippen LogP contribution in [0.5, 0.6) is 11.5 Å². The number of aliphatic hydroxyl groups is 4. The Kier molecular flexibility index (Phi) is 8.16. The molecule has 10 heteroatoms. The number of esters is 1. The number of carbonyl (C=O) groups excluding carboxylic acids is 1. The van der Waals surface area contributed by atoms with Crippen molar-refractivity contribution in [2.24, 2.45) is 5.92 Å². The van der Waals surface area contributed by atoms with Crippen LogP contribution in [0.15, 0.2) is 10.7 Å². The molecule has 210 valence electrons. The molecular weight excluding hydrogens is 496 g/mol. The Hall–Kier alpha value is -2.37. The third kappa shape index (κ3) is 4.77. The maximum absolute atomic E-state index is 12.4. The fraction of sp³-hybridized carbons (Fsp3) is 0.679. The molecule has 0 spiro atoms. The normalized spacial score (nSPS) is 30.9. The molecular formula is C28H38O10. The van der Waals surface area contributed by atoms with Crippen LogP contribution in [0.2, 0.25) is 0 Å². The minimum absolute atomic E-state index is 0.112. The van der Waals surface area contributed by atoms with Crippen molar-refractivity contribution in [1.29, 1.82) is 0 Å². The Balaban J connectivity index is 1.62. The summed E-state index contributed by atoms with van der Waals surface area (Å²) in [4.78, 5) is 12.4. The lowest BCUT2D eigenvalue weighted by Gasteiger charge is -2.40. The van der Waals surface area contributed by atoms with Crippen LogP contribution in [0.3, 0.4) is 0 Å². The van der Waals surface area contributed by atoms with Crippen molar-refractivity contribution >= 4 is 16.9 Å². The van der Waals surface area contributed by atoms with E-state index in [0.29, 0.717) is 29.6 Å². The maximum Gasteiger partial charge on any atom is 0.306 e. The van der Waals surface area contributed by atoms with Crippen LogP contribution in [0.25, 0.3) is 11.0 Å². The second-order valence-electron chi connectivity index (χ2n) is 10.5. The van der Waals surface area contributed by atoms with Gasteiger partial charge in [-0.1, -0.05) is 12.8 Å². The van der Waals surface area contributed by atoms with Crippen molar-refractivity contribution in [1.82, 2.24) is 0 Å². The van der Waals surface area contributed by atoms with Gasteiger partial charge in [-0.05, 0) is 56.4 Å². The van der Waals surface area contributed by atoms with Crippen LogP contribution in [0.4, 0.5) is 0 Å². The van der Waals surface area contributed by atoms with Gasteiger partial charge in [-0.3, -0.25) is 4.79 Å². The Bertz CT molecular complexity index is 1140. The van der Waals surface area contributed by atoms with E-state index in [1.807, 2.05) is 6.26 Å². The highest BCUT2D eigenvalue weighted by Crippen LogP contribution is 2.52. The molecule has 1 saturated heterocycles. The average Bonchev–Trinajstić information content (AvgIpc) is 3.28. The number of aryl methyl sites for hydroxylation is 1. The summed E-state index contributed by atoms with van der Waals surface area (Å²) in [6, 6.07) is 0. The first kappa shape index (κ1) is 27.2. The molecule has 2 aliphatic carbocycles. The third-order valence-electron chi connectivity index (χ3n) is 8.42. The van der Waals surface area contributed by atoms with Crippen LogP contribution in [-0.4, -0.2) is 77.4 Å². The largest absolute Gasteiger partial charge is 0.490 e. The molecule has 3 aliphatic rings. The molecule has 4 N–H and O–H groups in total. The number of fused-ring (bicyclic) bond motifs is 2. The number of hydrogen-bond donors (Lipinski definition) is 4. The zero-order valence-corrected chi connectivity index (χ0v) is 21.9. The smallest absolute Gasteiger partial charge is 0.306 e. The van der Waals surface area contributed by atoms with Crippen LogP contribution in [-0.2, 0) is 27.1 Å². The van der Waals surface area contributed by atoms with E-state index in [1.165, 1.54) is 20.0 Å². The van der Waals surface area contributed by atoms with Gasteiger partial charge in [0.25, 0.3) is 0 Å². The topological polar surface area (TPSA) is 148 Å². The van der Waals surface area contributed by atoms with E-state index < -0.39 is 37.3 Å². The van der Waals surface area contributed by atoms with Crippen molar-refractivity contribution in [3.63, 3.8) is 0 Å². The fourth-order valence-corrected chi connectivity index (χ4v) is 6.53. The van der Waals surface area contributed by atoms with Gasteiger partial charge in [0.2, 0.25) is 12.0 Å². The van der Waals surface area contributed by atoms with Crippen molar-refractivity contribution in [3.8, 4) is 11.5 Å². The lowest BCUT2D eigenvalue weighted by atomic mass is 9.75. The van der Waals surface area contributed by atoms with E-state index in [0.717, 1.165) is 47.8 Å². The van der Waals surface area contributed by atoms with E-state index in [1.54, 1.807) is 6.92 Å². The first-order valence-electron chi connectivity index (χ1n) is 13.6. The molecule has 7 unspecified atom stereocenters. The zero-order valence-electron chi connectivity index (χ0n) is 21.9. The Morgan fingerprint density at radius 3 is 2.61 bits per heavy atom. The maximum atomic E-state index is 12.4. The van der Waals surface area contributed by atoms with Crippen LogP contribution in [0.1, 0.15) is 68.1 Å². The van der Waals surface area contributed by atoms with Crippen molar-refractivity contribution in [2.45, 2.75) is 94.9 Å². The zero-order chi connectivity index (χ0) is 27.0. The number of hydrogen-bond acceptors (Lipinski definition) is 10. The molecule has 1 aromatic heterocycles. The van der Waals surface area contributed by atoms with Gasteiger partial charge < -0.3 is 43.8 Å². The van der Waals surface area contributed by atoms with Crippen LogP contribution < -0.4 is 9.47 Å². The van der Waals surface area contributed by atoms with E-state index in [4.69, 9.17) is 23.4 Å². The standard InChI is InChI=1S/C28H38O10/c1-3-35-20(30)11-10-17-16-9-8-14-6-4-5-7-15(14)18-13-36-26(21(16)18)27(34-2)25(17)38-28-24(33)23(32)22(31)19(12-29)37-28/h13-15,19,22-24,28-29,31-33H,3-12H2,1-2H3. The molecule has 10 nitrogen and oxygen atoms in total. The van der Waals surface area contributed by atoms with Gasteiger partial charge in [-0.25, -0.2) is 0 Å². The number of methoxy groups -OCH3 is 1. The summed E-state index contributed by atoms with van der Waals surface area (Å²) in [5, 5.41) is 41.9. The number of carbonyl (C=O) groups is 1. The minimum Gasteiger partial charge on any atom is -0.490 e. The molecule has 2 fully saturated rings. The van der Waals surface area contributed by atoms with Gasteiger partial charge in [-0.2, -0.15) is 0 Å². The van der Waals surface area contributed by atoms with Crippen LogP contribution >= 0.6 is 0 Å². The monoisotopic (exact) mass is 534 g/mol. The third-order valence-corrected chi connectivity index (χ3v) is 8.42. The van der Waals surface area contributed by atoms with E-state index in [9.17, 15) is 25.2 Å². The predicted molar refractivity (Wildman–Crippen MR) is 135 cm³/mol. The quantitative estimate of drug-likeness (QED) is 0.372. The Labute approximate surface area is 221 Å². The van der Waals surface area contributed by atoms with Gasteiger partial charge >= 0.3 is 5.97 Å². The number of ether oxygens (including phenoxy) is 4. The average molecular weight is 535 g/mol. The highest BCUT2D eigenvalue weighted by Gasteiger charge is 2.46. The van der Waals surface area contributed by atoms with Crippen molar-refractivity contribution in [2.75, 3.05) is 20.3 Å². The van der Waals surface area contributed by atoms with Crippen LogP contribution in [0, 0.1) is 5.92 Å². The van der Waals surface area contributed by atoms with Gasteiger partial charge in [0.1, 0.15) is 24.4 Å². The molecule has 7 atom stereocenters. The van der Waals surface area contributed by atoms with Gasteiger partial charge in [-0.15, -0.1) is 0 Å². The SMILES string of the molecule is CCOC(=O)CCc1c(OC2OC(CO)C(O)C(O)C2O)c(OC)c2occ3c2c1CCC1CCCCC31. The Morgan fingerprint density at radius 1 is 1.08 bits per heavy atom. The predicted octanol–water partition coefficient (Wildman–Crippen LogP) is 2.34. The molecule has 1 aromatic carbocycles. The van der Waals surface area contributed by atoms with Crippen molar-refractivity contribution < 1.29 is 48.6 Å². The minimum atomic E-state index is -1.60. The number of benzene rings is 1. The highest BCUT2D eigenvalue weighted by molar-refractivity contribution is 5.94. The van der Waals surface area contributed by atoms with Crippen molar-refractivity contribution in [3.05, 3.63) is 23.0 Å². The molecule has 5 rings (SSSR count). The Morgan fingerprint density at radius 2 is 1.87 bits per heavy atom. The fourth-order valence-electron chi connectivity index (χ4n) is 6.53. The first-order chi connectivity index (χ1) is 18.4. The van der Waals surface area contributed by atoms with Gasteiger partial charge in [0.15, 0.2) is 11.3 Å². The summed E-state index contributed by atoms with van der Waals surface area (Å²) in [7, 11) is 1.50. The lowest BCUT2D eigenvalue weighted by Crippen LogP contribution is -2.60. The van der Waals surface area contributed by atoms with E-state index >= 15 is 0 Å². The summed E-state index contributed by atoms with van der Waals surface area (Å²) in [5.74, 6) is 1.14. The highest BCUT2D eigenvalue weighted by atomic mass is 16.7. The summed E-state index contributed by atoms with van der Waals surface area (Å²) >= 11 is 0.